The molecule has 0 bridgehead atoms. The molecule has 5 nitrogen and oxygen atoms in total. The Kier molecular flexibility index (Phi) is 5.99. The van der Waals surface area contributed by atoms with Gasteiger partial charge >= 0.3 is 6.18 Å². The predicted octanol–water partition coefficient (Wildman–Crippen LogP) is 3.36. The number of carbonyl (C=O) groups is 2. The van der Waals surface area contributed by atoms with Crippen molar-refractivity contribution in [3.8, 4) is 0 Å². The normalized spacial score (nSPS) is 14.6. The zero-order valence-corrected chi connectivity index (χ0v) is 15.0. The molecular formula is C20H19F3N2O3. The molecule has 0 saturated carbocycles. The zero-order valence-electron chi connectivity index (χ0n) is 15.0. The molecule has 1 saturated heterocycles. The molecule has 28 heavy (non-hydrogen) atoms. The number of benzene rings is 2. The van der Waals surface area contributed by atoms with Crippen molar-refractivity contribution in [2.24, 2.45) is 0 Å². The number of hydrogen-bond donors (Lipinski definition) is 1. The zero-order chi connectivity index (χ0) is 20.1. The van der Waals surface area contributed by atoms with Gasteiger partial charge in [-0.3, -0.25) is 9.59 Å². The van der Waals surface area contributed by atoms with Gasteiger partial charge in [-0.05, 0) is 42.0 Å². The van der Waals surface area contributed by atoms with Gasteiger partial charge < -0.3 is 15.0 Å². The third-order valence-corrected chi connectivity index (χ3v) is 4.41. The Balaban J connectivity index is 1.57. The SMILES string of the molecule is O=C(Nc1ccc(CC(=O)N2CCOCC2)cc1)c1ccc(C(F)(F)F)cc1. The number of anilines is 1. The first kappa shape index (κ1) is 19.9. The number of hydrogen-bond acceptors (Lipinski definition) is 3. The molecule has 1 fully saturated rings. The lowest BCUT2D eigenvalue weighted by molar-refractivity contribution is -0.137. The smallest absolute Gasteiger partial charge is 0.378 e. The Morgan fingerprint density at radius 2 is 1.57 bits per heavy atom. The van der Waals surface area contributed by atoms with Crippen molar-refractivity contribution in [3.05, 3.63) is 65.2 Å². The van der Waals surface area contributed by atoms with Crippen molar-refractivity contribution in [2.75, 3.05) is 31.6 Å². The number of amides is 2. The minimum atomic E-state index is -4.44. The fraction of sp³-hybridized carbons (Fsp3) is 0.300. The van der Waals surface area contributed by atoms with Gasteiger partial charge in [0.1, 0.15) is 0 Å². The van der Waals surface area contributed by atoms with E-state index in [1.54, 1.807) is 29.2 Å². The van der Waals surface area contributed by atoms with Crippen LogP contribution in [0.2, 0.25) is 0 Å². The number of alkyl halides is 3. The van der Waals surface area contributed by atoms with Gasteiger partial charge in [0, 0.05) is 24.3 Å². The van der Waals surface area contributed by atoms with E-state index < -0.39 is 17.6 Å². The Morgan fingerprint density at radius 1 is 0.964 bits per heavy atom. The van der Waals surface area contributed by atoms with Crippen molar-refractivity contribution < 1.29 is 27.5 Å². The maximum Gasteiger partial charge on any atom is 0.416 e. The average Bonchev–Trinajstić information content (AvgIpc) is 2.69. The molecule has 0 aromatic heterocycles. The monoisotopic (exact) mass is 392 g/mol. The molecule has 3 rings (SSSR count). The van der Waals surface area contributed by atoms with Gasteiger partial charge in [0.05, 0.1) is 25.2 Å². The van der Waals surface area contributed by atoms with Crippen LogP contribution in [0.15, 0.2) is 48.5 Å². The van der Waals surface area contributed by atoms with Crippen LogP contribution in [0.1, 0.15) is 21.5 Å². The van der Waals surface area contributed by atoms with Crippen molar-refractivity contribution in [3.63, 3.8) is 0 Å². The molecule has 148 valence electrons. The average molecular weight is 392 g/mol. The standard InChI is InChI=1S/C20H19F3N2O3/c21-20(22,23)16-5-3-15(4-6-16)19(27)24-17-7-1-14(2-8-17)13-18(26)25-9-11-28-12-10-25/h1-8H,9-13H2,(H,24,27). The van der Waals surface area contributed by atoms with Gasteiger partial charge in [0.15, 0.2) is 0 Å². The first-order valence-corrected chi connectivity index (χ1v) is 8.76. The molecule has 2 aromatic rings. The third-order valence-electron chi connectivity index (χ3n) is 4.41. The van der Waals surface area contributed by atoms with E-state index >= 15 is 0 Å². The van der Waals surface area contributed by atoms with E-state index in [1.807, 2.05) is 0 Å². The molecule has 0 aliphatic carbocycles. The minimum absolute atomic E-state index is 0.0184. The molecule has 1 N–H and O–H groups in total. The lowest BCUT2D eigenvalue weighted by Gasteiger charge is -2.26. The third kappa shape index (κ3) is 5.10. The fourth-order valence-corrected chi connectivity index (χ4v) is 2.82. The summed E-state index contributed by atoms with van der Waals surface area (Å²) in [7, 11) is 0. The molecular weight excluding hydrogens is 373 g/mol. The number of carbonyl (C=O) groups excluding carboxylic acids is 2. The molecule has 1 heterocycles. The molecule has 1 aliphatic rings. The van der Waals surface area contributed by atoms with Crippen LogP contribution in [0, 0.1) is 0 Å². The summed E-state index contributed by atoms with van der Waals surface area (Å²) in [5.74, 6) is -0.490. The van der Waals surface area contributed by atoms with Crippen LogP contribution < -0.4 is 5.32 Å². The van der Waals surface area contributed by atoms with Crippen molar-refractivity contribution in [1.82, 2.24) is 4.90 Å². The lowest BCUT2D eigenvalue weighted by atomic mass is 10.1. The summed E-state index contributed by atoms with van der Waals surface area (Å²) in [4.78, 5) is 26.2. The van der Waals surface area contributed by atoms with E-state index in [1.165, 1.54) is 0 Å². The first-order valence-electron chi connectivity index (χ1n) is 8.76. The summed E-state index contributed by atoms with van der Waals surface area (Å²) in [5.41, 5.74) is 0.620. The van der Waals surface area contributed by atoms with Crippen LogP contribution in [-0.2, 0) is 22.1 Å². The summed E-state index contributed by atoms with van der Waals surface area (Å²) in [6.07, 6.45) is -4.18. The Bertz CT molecular complexity index is 827. The lowest BCUT2D eigenvalue weighted by Crippen LogP contribution is -2.41. The largest absolute Gasteiger partial charge is 0.416 e. The minimum Gasteiger partial charge on any atom is -0.378 e. The van der Waals surface area contributed by atoms with E-state index in [0.717, 1.165) is 29.8 Å². The van der Waals surface area contributed by atoms with E-state index in [2.05, 4.69) is 5.32 Å². The van der Waals surface area contributed by atoms with E-state index in [9.17, 15) is 22.8 Å². The molecule has 1 aliphatic heterocycles. The number of nitrogens with zero attached hydrogens (tertiary/aromatic N) is 1. The maximum absolute atomic E-state index is 12.6. The van der Waals surface area contributed by atoms with Gasteiger partial charge in [-0.25, -0.2) is 0 Å². The topological polar surface area (TPSA) is 58.6 Å². The number of morpholine rings is 1. The molecule has 2 aromatic carbocycles. The van der Waals surface area contributed by atoms with E-state index in [4.69, 9.17) is 4.74 Å². The Hall–Kier alpha value is -2.87. The summed E-state index contributed by atoms with van der Waals surface area (Å²) >= 11 is 0. The Labute approximate surface area is 160 Å². The highest BCUT2D eigenvalue weighted by atomic mass is 19.4. The highest BCUT2D eigenvalue weighted by Gasteiger charge is 2.30. The van der Waals surface area contributed by atoms with Gasteiger partial charge in [0.25, 0.3) is 5.91 Å². The molecule has 0 spiro atoms. The van der Waals surface area contributed by atoms with Gasteiger partial charge in [0.2, 0.25) is 5.91 Å². The maximum atomic E-state index is 12.6. The van der Waals surface area contributed by atoms with Crippen molar-refractivity contribution in [1.29, 1.82) is 0 Å². The predicted molar refractivity (Wildman–Crippen MR) is 96.9 cm³/mol. The van der Waals surface area contributed by atoms with Crippen molar-refractivity contribution in [2.45, 2.75) is 12.6 Å². The summed E-state index contributed by atoms with van der Waals surface area (Å²) in [5, 5.41) is 2.63. The van der Waals surface area contributed by atoms with Crippen LogP contribution in [0.3, 0.4) is 0 Å². The summed E-state index contributed by atoms with van der Waals surface area (Å²) in [6, 6.07) is 10.8. The number of ether oxygens (including phenoxy) is 1. The first-order chi connectivity index (χ1) is 13.3. The summed E-state index contributed by atoms with van der Waals surface area (Å²) in [6.45, 7) is 2.25. The molecule has 0 atom stereocenters. The number of halogens is 3. The molecule has 8 heteroatoms. The second-order valence-corrected chi connectivity index (χ2v) is 6.40. The molecule has 0 radical (unpaired) electrons. The number of nitrogens with one attached hydrogen (secondary N) is 1. The fourth-order valence-electron chi connectivity index (χ4n) is 2.82. The van der Waals surface area contributed by atoms with Crippen LogP contribution in [0.5, 0.6) is 0 Å². The van der Waals surface area contributed by atoms with Gasteiger partial charge in [-0.15, -0.1) is 0 Å². The van der Waals surface area contributed by atoms with Crippen LogP contribution >= 0.6 is 0 Å². The van der Waals surface area contributed by atoms with Crippen LogP contribution in [0.4, 0.5) is 18.9 Å². The van der Waals surface area contributed by atoms with Crippen molar-refractivity contribution >= 4 is 17.5 Å². The Morgan fingerprint density at radius 3 is 2.14 bits per heavy atom. The van der Waals surface area contributed by atoms with Crippen LogP contribution in [-0.4, -0.2) is 43.0 Å². The second-order valence-electron chi connectivity index (χ2n) is 6.40. The highest BCUT2D eigenvalue weighted by Crippen LogP contribution is 2.29. The van der Waals surface area contributed by atoms with Gasteiger partial charge in [-0.1, -0.05) is 12.1 Å². The quantitative estimate of drug-likeness (QED) is 0.868. The van der Waals surface area contributed by atoms with Gasteiger partial charge in [-0.2, -0.15) is 13.2 Å². The van der Waals surface area contributed by atoms with E-state index in [-0.39, 0.29) is 17.9 Å². The summed E-state index contributed by atoms with van der Waals surface area (Å²) < 4.78 is 43.0. The van der Waals surface area contributed by atoms with E-state index in [0.29, 0.717) is 32.0 Å². The molecule has 0 unspecified atom stereocenters. The second kappa shape index (κ2) is 8.43. The number of rotatable bonds is 4. The highest BCUT2D eigenvalue weighted by molar-refractivity contribution is 6.04. The molecule has 2 amide bonds. The van der Waals surface area contributed by atoms with Crippen LogP contribution in [0.25, 0.3) is 0 Å².